The highest BCUT2D eigenvalue weighted by molar-refractivity contribution is 6.29. The minimum absolute atomic E-state index is 0.0666. The van der Waals surface area contributed by atoms with Gasteiger partial charge in [-0.2, -0.15) is 22.0 Å². The van der Waals surface area contributed by atoms with E-state index in [1.165, 1.54) is 35.2 Å². The molecule has 0 spiro atoms. The van der Waals surface area contributed by atoms with E-state index in [1.807, 2.05) is 0 Å². The van der Waals surface area contributed by atoms with E-state index in [2.05, 4.69) is 4.98 Å². The van der Waals surface area contributed by atoms with Crippen LogP contribution >= 0.6 is 11.6 Å². The molecule has 23 heavy (non-hydrogen) atoms. The monoisotopic (exact) mass is 355 g/mol. The molecule has 1 aliphatic heterocycles. The molecule has 1 aromatic heterocycles. The number of allylic oxidation sites excluding steroid dienone is 1. The third kappa shape index (κ3) is 3.39. The van der Waals surface area contributed by atoms with Crippen LogP contribution in [0.25, 0.3) is 0 Å². The molecule has 0 saturated carbocycles. The molecule has 1 fully saturated rings. The number of rotatable bonds is 3. The number of anilines is 1. The first-order chi connectivity index (χ1) is 10.5. The van der Waals surface area contributed by atoms with Gasteiger partial charge in [-0.3, -0.25) is 4.79 Å². The summed E-state index contributed by atoms with van der Waals surface area (Å²) < 4.78 is 63.0. The van der Waals surface area contributed by atoms with Crippen LogP contribution in [0.4, 0.5) is 27.6 Å². The molecule has 0 unspecified atom stereocenters. The van der Waals surface area contributed by atoms with E-state index in [9.17, 15) is 26.7 Å². The number of nitrogens with zero attached hydrogens (tertiary/aromatic N) is 3. The van der Waals surface area contributed by atoms with Gasteiger partial charge >= 0.3 is 12.1 Å². The predicted octanol–water partition coefficient (Wildman–Crippen LogP) is 3.09. The zero-order valence-electron chi connectivity index (χ0n) is 11.7. The summed E-state index contributed by atoms with van der Waals surface area (Å²) in [5.41, 5.74) is 0.424. The Labute approximate surface area is 133 Å². The van der Waals surface area contributed by atoms with Gasteiger partial charge in [0.1, 0.15) is 11.0 Å². The van der Waals surface area contributed by atoms with Gasteiger partial charge in [-0.05, 0) is 12.1 Å². The summed E-state index contributed by atoms with van der Waals surface area (Å²) in [6.45, 7) is 0.649. The average Bonchev–Trinajstić information content (AvgIpc) is 2.80. The summed E-state index contributed by atoms with van der Waals surface area (Å²) in [6.07, 6.45) is -4.30. The van der Waals surface area contributed by atoms with Gasteiger partial charge in [0.2, 0.25) is 5.78 Å². The number of carbonyl (C=O) groups is 1. The molecular weight excluding hydrogens is 345 g/mol. The lowest BCUT2D eigenvalue weighted by Gasteiger charge is -2.23. The van der Waals surface area contributed by atoms with E-state index in [0.717, 1.165) is 0 Å². The number of hydrogen-bond donors (Lipinski definition) is 0. The van der Waals surface area contributed by atoms with Crippen molar-refractivity contribution >= 4 is 23.1 Å². The third-order valence-corrected chi connectivity index (χ3v) is 3.50. The first-order valence-electron chi connectivity index (χ1n) is 6.35. The van der Waals surface area contributed by atoms with Gasteiger partial charge < -0.3 is 9.80 Å². The maximum Gasteiger partial charge on any atom is 0.461 e. The van der Waals surface area contributed by atoms with Gasteiger partial charge in [-0.25, -0.2) is 4.98 Å². The number of ketones is 1. The van der Waals surface area contributed by atoms with Crippen LogP contribution < -0.4 is 4.90 Å². The lowest BCUT2D eigenvalue weighted by molar-refractivity contribution is -0.266. The van der Waals surface area contributed by atoms with Crippen molar-refractivity contribution in [2.24, 2.45) is 0 Å². The van der Waals surface area contributed by atoms with Crippen molar-refractivity contribution in [3.8, 4) is 0 Å². The molecule has 4 nitrogen and oxygen atoms in total. The molecule has 126 valence electrons. The summed E-state index contributed by atoms with van der Waals surface area (Å²) in [5.74, 6) is -7.82. The standard InChI is InChI=1S/C13H11ClF5N3O/c1-21-4-5-22(8-2-3-10(14)20-7-8)11(21)6-9(23)12(15,16)13(17,18)19/h2-3,6-7H,4-5H2,1H3. The van der Waals surface area contributed by atoms with Crippen LogP contribution in [0.15, 0.2) is 30.2 Å². The first kappa shape index (κ1) is 17.5. The Hall–Kier alpha value is -1.90. The quantitative estimate of drug-likeness (QED) is 0.474. The van der Waals surface area contributed by atoms with E-state index in [4.69, 9.17) is 11.6 Å². The molecule has 0 radical (unpaired) electrons. The molecule has 2 rings (SSSR count). The minimum Gasteiger partial charge on any atom is -0.359 e. The van der Waals surface area contributed by atoms with Crippen LogP contribution in [0.2, 0.25) is 5.15 Å². The van der Waals surface area contributed by atoms with Crippen molar-refractivity contribution in [3.05, 3.63) is 35.4 Å². The van der Waals surface area contributed by atoms with Crippen LogP contribution in [0.1, 0.15) is 0 Å². The predicted molar refractivity (Wildman–Crippen MR) is 73.3 cm³/mol. The minimum atomic E-state index is -5.94. The maximum absolute atomic E-state index is 13.1. The normalized spacial score (nSPS) is 18.0. The summed E-state index contributed by atoms with van der Waals surface area (Å²) in [5, 5.41) is 0.200. The highest BCUT2D eigenvalue weighted by Gasteiger charge is 2.62. The van der Waals surface area contributed by atoms with Crippen LogP contribution in [0, 0.1) is 0 Å². The molecular formula is C13H11ClF5N3O. The summed E-state index contributed by atoms with van der Waals surface area (Å²) >= 11 is 5.64. The molecule has 10 heteroatoms. The molecule has 1 aromatic rings. The van der Waals surface area contributed by atoms with Gasteiger partial charge in [0.15, 0.2) is 0 Å². The van der Waals surface area contributed by atoms with Crippen LogP contribution in [0.5, 0.6) is 0 Å². The molecule has 0 N–H and O–H groups in total. The molecule has 0 aliphatic carbocycles. The van der Waals surface area contributed by atoms with Gasteiger partial charge in [-0.15, -0.1) is 0 Å². The van der Waals surface area contributed by atoms with Crippen molar-refractivity contribution in [1.29, 1.82) is 0 Å². The second-order valence-electron chi connectivity index (χ2n) is 4.85. The Morgan fingerprint density at radius 3 is 2.43 bits per heavy atom. The second kappa shape index (κ2) is 5.95. The number of carbonyl (C=O) groups excluding carboxylic acids is 1. The lowest BCUT2D eigenvalue weighted by atomic mass is 10.2. The van der Waals surface area contributed by atoms with E-state index in [1.54, 1.807) is 0 Å². The third-order valence-electron chi connectivity index (χ3n) is 3.28. The molecule has 0 bridgehead atoms. The van der Waals surface area contributed by atoms with Crippen molar-refractivity contribution in [1.82, 2.24) is 9.88 Å². The molecule has 2 heterocycles. The SMILES string of the molecule is CN1CCN(c2ccc(Cl)nc2)C1=CC(=O)C(F)(F)C(F)(F)F. The molecule has 0 atom stereocenters. The summed E-state index contributed by atoms with van der Waals surface area (Å²) in [7, 11) is 1.48. The second-order valence-corrected chi connectivity index (χ2v) is 5.24. The highest BCUT2D eigenvalue weighted by atomic mass is 35.5. The zero-order chi connectivity index (χ0) is 17.4. The first-order valence-corrected chi connectivity index (χ1v) is 6.72. The van der Waals surface area contributed by atoms with Crippen molar-refractivity contribution < 1.29 is 26.7 Å². The topological polar surface area (TPSA) is 36.4 Å². The fraction of sp³-hybridized carbons (Fsp3) is 0.385. The van der Waals surface area contributed by atoms with Gasteiger partial charge in [-0.1, -0.05) is 11.6 Å². The highest BCUT2D eigenvalue weighted by Crippen LogP contribution is 2.37. The number of alkyl halides is 5. The van der Waals surface area contributed by atoms with Gasteiger partial charge in [0.05, 0.1) is 11.9 Å². The van der Waals surface area contributed by atoms with E-state index in [0.29, 0.717) is 24.9 Å². The smallest absolute Gasteiger partial charge is 0.359 e. The van der Waals surface area contributed by atoms with Crippen LogP contribution in [0.3, 0.4) is 0 Å². The fourth-order valence-corrected chi connectivity index (χ4v) is 2.12. The zero-order valence-corrected chi connectivity index (χ0v) is 12.5. The number of halogens is 6. The number of hydrogen-bond acceptors (Lipinski definition) is 4. The molecule has 1 aliphatic rings. The Bertz CT molecular complexity index is 629. The van der Waals surface area contributed by atoms with E-state index in [-0.39, 0.29) is 11.0 Å². The Balaban J connectivity index is 2.34. The Kier molecular flexibility index (Phi) is 4.52. The van der Waals surface area contributed by atoms with Crippen LogP contribution in [-0.4, -0.2) is 47.9 Å². The molecule has 0 aromatic carbocycles. The summed E-state index contributed by atoms with van der Waals surface area (Å²) in [6, 6.07) is 2.97. The van der Waals surface area contributed by atoms with Gasteiger partial charge in [0, 0.05) is 26.2 Å². The molecule has 0 amide bonds. The largest absolute Gasteiger partial charge is 0.461 e. The van der Waals surface area contributed by atoms with E-state index >= 15 is 0 Å². The van der Waals surface area contributed by atoms with Crippen LogP contribution in [-0.2, 0) is 4.79 Å². The van der Waals surface area contributed by atoms with E-state index < -0.39 is 17.9 Å². The van der Waals surface area contributed by atoms with Crippen molar-refractivity contribution in [3.63, 3.8) is 0 Å². The summed E-state index contributed by atoms with van der Waals surface area (Å²) in [4.78, 5) is 18.0. The number of pyridine rings is 1. The Morgan fingerprint density at radius 1 is 1.26 bits per heavy atom. The Morgan fingerprint density at radius 2 is 1.91 bits per heavy atom. The number of likely N-dealkylation sites (N-methyl/N-ethyl adjacent to an activating group) is 1. The van der Waals surface area contributed by atoms with Gasteiger partial charge in [0.25, 0.3) is 0 Å². The van der Waals surface area contributed by atoms with Crippen molar-refractivity contribution in [2.45, 2.75) is 12.1 Å². The molecule has 1 saturated heterocycles. The average molecular weight is 356 g/mol. The fourth-order valence-electron chi connectivity index (χ4n) is 2.01. The maximum atomic E-state index is 13.1. The number of aromatic nitrogens is 1. The lowest BCUT2D eigenvalue weighted by Crippen LogP contribution is -2.43. The van der Waals surface area contributed by atoms with Crippen molar-refractivity contribution in [2.75, 3.05) is 25.0 Å².